The fraction of sp³-hybridized carbons (Fsp3) is 0.348. The first-order chi connectivity index (χ1) is 15.7. The monoisotopic (exact) mass is 491 g/mol. The molecule has 3 rings (SSSR count). The molecule has 2 aromatic carbocycles. The second-order valence-corrected chi connectivity index (χ2v) is 10.1. The van der Waals surface area contributed by atoms with Gasteiger partial charge in [0, 0.05) is 43.2 Å². The molecule has 0 bridgehead atoms. The summed E-state index contributed by atoms with van der Waals surface area (Å²) >= 11 is 5.95. The highest BCUT2D eigenvalue weighted by atomic mass is 35.5. The predicted octanol–water partition coefficient (Wildman–Crippen LogP) is 2.34. The summed E-state index contributed by atoms with van der Waals surface area (Å²) in [5.41, 5.74) is 0.138. The Balaban J connectivity index is 1.85. The molecule has 3 amide bonds. The summed E-state index contributed by atoms with van der Waals surface area (Å²) in [6, 6.07) is 13.5. The fourth-order valence-electron chi connectivity index (χ4n) is 3.56. The lowest BCUT2D eigenvalue weighted by atomic mass is 10.2. The number of amides is 3. The fourth-order valence-corrected chi connectivity index (χ4v) is 5.24. The predicted molar refractivity (Wildman–Crippen MR) is 124 cm³/mol. The number of hydrogen-bond acceptors (Lipinski definition) is 5. The van der Waals surface area contributed by atoms with E-state index in [9.17, 15) is 22.8 Å². The summed E-state index contributed by atoms with van der Waals surface area (Å²) < 4.78 is 26.7. The molecule has 2 aromatic rings. The Morgan fingerprint density at radius 1 is 0.970 bits per heavy atom. The SMILES string of the molecule is CCCC(=O)N1CCN(C(=O)[C@H](NC(=O)c2cccc(Cl)c2)S(=O)(=O)c2ccccc2)CC1. The number of carbonyl (C=O) groups excluding carboxylic acids is 3. The van der Waals surface area contributed by atoms with Gasteiger partial charge in [-0.25, -0.2) is 8.42 Å². The molecule has 33 heavy (non-hydrogen) atoms. The van der Waals surface area contributed by atoms with Crippen LogP contribution in [0.3, 0.4) is 0 Å². The van der Waals surface area contributed by atoms with Gasteiger partial charge in [-0.3, -0.25) is 14.4 Å². The molecule has 8 nitrogen and oxygen atoms in total. The van der Waals surface area contributed by atoms with Crippen molar-refractivity contribution in [1.82, 2.24) is 15.1 Å². The number of halogens is 1. The minimum atomic E-state index is -4.24. The summed E-state index contributed by atoms with van der Waals surface area (Å²) in [4.78, 5) is 41.3. The van der Waals surface area contributed by atoms with Crippen molar-refractivity contribution < 1.29 is 22.8 Å². The van der Waals surface area contributed by atoms with Gasteiger partial charge in [-0.2, -0.15) is 0 Å². The van der Waals surface area contributed by atoms with Crippen molar-refractivity contribution in [2.45, 2.75) is 30.0 Å². The van der Waals surface area contributed by atoms with E-state index in [0.717, 1.165) is 6.42 Å². The van der Waals surface area contributed by atoms with Crippen molar-refractivity contribution in [1.29, 1.82) is 0 Å². The van der Waals surface area contributed by atoms with Gasteiger partial charge in [-0.1, -0.05) is 42.8 Å². The average Bonchev–Trinajstić information content (AvgIpc) is 2.82. The summed E-state index contributed by atoms with van der Waals surface area (Å²) in [7, 11) is -4.24. The first kappa shape index (κ1) is 24.7. The summed E-state index contributed by atoms with van der Waals surface area (Å²) in [5, 5.41) is 0.887. The summed E-state index contributed by atoms with van der Waals surface area (Å²) in [6.07, 6.45) is 1.15. The molecule has 0 aromatic heterocycles. The van der Waals surface area contributed by atoms with Gasteiger partial charge in [-0.05, 0) is 36.8 Å². The van der Waals surface area contributed by atoms with E-state index < -0.39 is 27.0 Å². The van der Waals surface area contributed by atoms with Crippen LogP contribution >= 0.6 is 11.6 Å². The first-order valence-corrected chi connectivity index (χ1v) is 12.6. The number of piperazine rings is 1. The van der Waals surface area contributed by atoms with Crippen molar-refractivity contribution in [2.75, 3.05) is 26.2 Å². The van der Waals surface area contributed by atoms with E-state index in [-0.39, 0.29) is 29.5 Å². The van der Waals surface area contributed by atoms with Crippen molar-refractivity contribution >= 4 is 39.2 Å². The van der Waals surface area contributed by atoms with Crippen LogP contribution in [0.15, 0.2) is 59.5 Å². The minimum Gasteiger partial charge on any atom is -0.339 e. The van der Waals surface area contributed by atoms with Gasteiger partial charge in [0.15, 0.2) is 0 Å². The van der Waals surface area contributed by atoms with Gasteiger partial charge in [0.1, 0.15) is 0 Å². The second-order valence-electron chi connectivity index (χ2n) is 7.68. The standard InChI is InChI=1S/C23H26ClN3O5S/c1-2-7-20(28)26-12-14-27(15-13-26)23(30)22(33(31,32)19-10-4-3-5-11-19)25-21(29)17-8-6-9-18(24)16-17/h3-6,8-11,16,22H,2,7,12-15H2,1H3,(H,25,29)/t22-/m1/s1. The Labute approximate surface area is 198 Å². The lowest BCUT2D eigenvalue weighted by Crippen LogP contribution is -2.57. The lowest BCUT2D eigenvalue weighted by Gasteiger charge is -2.36. The molecule has 1 fully saturated rings. The third-order valence-electron chi connectivity index (χ3n) is 5.36. The van der Waals surface area contributed by atoms with E-state index >= 15 is 0 Å². The molecule has 0 aliphatic carbocycles. The number of hydrogen-bond donors (Lipinski definition) is 1. The van der Waals surface area contributed by atoms with E-state index in [1.807, 2.05) is 6.92 Å². The summed E-state index contributed by atoms with van der Waals surface area (Å²) in [5.74, 6) is -1.46. The Morgan fingerprint density at radius 3 is 2.21 bits per heavy atom. The van der Waals surface area contributed by atoms with Crippen molar-refractivity contribution in [2.24, 2.45) is 0 Å². The van der Waals surface area contributed by atoms with Crippen molar-refractivity contribution in [3.05, 3.63) is 65.2 Å². The largest absolute Gasteiger partial charge is 0.339 e. The van der Waals surface area contributed by atoms with E-state index in [1.165, 1.54) is 29.2 Å². The third-order valence-corrected chi connectivity index (χ3v) is 7.47. The molecule has 10 heteroatoms. The zero-order chi connectivity index (χ0) is 24.0. The summed E-state index contributed by atoms with van der Waals surface area (Å²) in [6.45, 7) is 2.90. The van der Waals surface area contributed by atoms with Gasteiger partial charge in [0.25, 0.3) is 11.8 Å². The number of carbonyl (C=O) groups is 3. The minimum absolute atomic E-state index is 0.00677. The smallest absolute Gasteiger partial charge is 0.261 e. The maximum absolute atomic E-state index is 13.4. The van der Waals surface area contributed by atoms with Crippen LogP contribution in [0.5, 0.6) is 0 Å². The maximum Gasteiger partial charge on any atom is 0.261 e. The van der Waals surface area contributed by atoms with Crippen LogP contribution in [0.25, 0.3) is 0 Å². The molecule has 0 saturated carbocycles. The van der Waals surface area contributed by atoms with Crippen LogP contribution < -0.4 is 5.32 Å². The lowest BCUT2D eigenvalue weighted by molar-refractivity contribution is -0.139. The number of nitrogens with zero attached hydrogens (tertiary/aromatic N) is 2. The topological polar surface area (TPSA) is 104 Å². The molecule has 1 atom stereocenters. The van der Waals surface area contributed by atoms with Crippen LogP contribution in [-0.2, 0) is 19.4 Å². The molecular formula is C23H26ClN3O5S. The van der Waals surface area contributed by atoms with E-state index in [4.69, 9.17) is 11.6 Å². The molecule has 1 aliphatic heterocycles. The van der Waals surface area contributed by atoms with Gasteiger partial charge < -0.3 is 15.1 Å². The Morgan fingerprint density at radius 2 is 1.61 bits per heavy atom. The van der Waals surface area contributed by atoms with Gasteiger partial charge in [-0.15, -0.1) is 0 Å². The molecule has 0 radical (unpaired) electrons. The number of rotatable bonds is 7. The Kier molecular flexibility index (Phi) is 8.10. The van der Waals surface area contributed by atoms with Gasteiger partial charge in [0.05, 0.1) is 4.90 Å². The Hall–Kier alpha value is -2.91. The number of sulfone groups is 1. The molecule has 0 spiro atoms. The van der Waals surface area contributed by atoms with Crippen molar-refractivity contribution in [3.8, 4) is 0 Å². The van der Waals surface area contributed by atoms with Crippen LogP contribution in [0.1, 0.15) is 30.1 Å². The Bertz CT molecular complexity index is 1120. The molecule has 0 unspecified atom stereocenters. The highest BCUT2D eigenvalue weighted by Gasteiger charge is 2.39. The molecule has 1 N–H and O–H groups in total. The molecule has 1 heterocycles. The van der Waals surface area contributed by atoms with Crippen LogP contribution in [0.2, 0.25) is 5.02 Å². The molecular weight excluding hydrogens is 466 g/mol. The van der Waals surface area contributed by atoms with E-state index in [2.05, 4.69) is 5.32 Å². The van der Waals surface area contributed by atoms with E-state index in [1.54, 1.807) is 35.2 Å². The van der Waals surface area contributed by atoms with Crippen molar-refractivity contribution in [3.63, 3.8) is 0 Å². The second kappa shape index (κ2) is 10.8. The van der Waals surface area contributed by atoms with E-state index in [0.29, 0.717) is 24.5 Å². The average molecular weight is 492 g/mol. The van der Waals surface area contributed by atoms with Crippen LogP contribution in [-0.4, -0.2) is 67.5 Å². The van der Waals surface area contributed by atoms with Crippen LogP contribution in [0, 0.1) is 0 Å². The number of benzene rings is 2. The molecule has 176 valence electrons. The van der Waals surface area contributed by atoms with Gasteiger partial charge >= 0.3 is 0 Å². The van der Waals surface area contributed by atoms with Crippen LogP contribution in [0.4, 0.5) is 0 Å². The first-order valence-electron chi connectivity index (χ1n) is 10.7. The molecule has 1 aliphatic rings. The maximum atomic E-state index is 13.4. The van der Waals surface area contributed by atoms with Gasteiger partial charge in [0.2, 0.25) is 21.1 Å². The quantitative estimate of drug-likeness (QED) is 0.640. The molecule has 1 saturated heterocycles. The zero-order valence-corrected chi connectivity index (χ0v) is 19.8. The zero-order valence-electron chi connectivity index (χ0n) is 18.2. The third kappa shape index (κ3) is 5.91. The highest BCUT2D eigenvalue weighted by Crippen LogP contribution is 2.19. The number of nitrogens with one attached hydrogen (secondary N) is 1. The normalized spacial score (nSPS) is 15.1. The highest BCUT2D eigenvalue weighted by molar-refractivity contribution is 7.92.